The van der Waals surface area contributed by atoms with E-state index in [-0.39, 0.29) is 17.9 Å². The summed E-state index contributed by atoms with van der Waals surface area (Å²) >= 11 is 0. The SMILES string of the molecule is CC(CCCN)C(=O)NC1CCCOC1. The molecule has 0 aromatic carbocycles. The molecule has 0 aromatic rings. The maximum absolute atomic E-state index is 11.7. The topological polar surface area (TPSA) is 64.4 Å². The lowest BCUT2D eigenvalue weighted by molar-refractivity contribution is -0.126. The van der Waals surface area contributed by atoms with Crippen LogP contribution >= 0.6 is 0 Å². The molecule has 0 bridgehead atoms. The quantitative estimate of drug-likeness (QED) is 0.706. The Morgan fingerprint density at radius 2 is 2.47 bits per heavy atom. The minimum atomic E-state index is 0.0653. The smallest absolute Gasteiger partial charge is 0.223 e. The highest BCUT2D eigenvalue weighted by molar-refractivity contribution is 5.78. The van der Waals surface area contributed by atoms with Gasteiger partial charge in [0.15, 0.2) is 0 Å². The fourth-order valence-electron chi connectivity index (χ4n) is 1.75. The van der Waals surface area contributed by atoms with Crippen molar-refractivity contribution in [3.63, 3.8) is 0 Å². The van der Waals surface area contributed by atoms with Crippen LogP contribution in [0.25, 0.3) is 0 Å². The molecule has 1 fully saturated rings. The first-order valence-electron chi connectivity index (χ1n) is 5.82. The molecule has 0 spiro atoms. The van der Waals surface area contributed by atoms with Crippen LogP contribution in [0, 0.1) is 5.92 Å². The Morgan fingerprint density at radius 3 is 3.07 bits per heavy atom. The van der Waals surface area contributed by atoms with E-state index >= 15 is 0 Å². The van der Waals surface area contributed by atoms with Gasteiger partial charge in [-0.25, -0.2) is 0 Å². The molecule has 2 atom stereocenters. The molecule has 2 unspecified atom stereocenters. The third-order valence-electron chi connectivity index (χ3n) is 2.80. The van der Waals surface area contributed by atoms with E-state index in [2.05, 4.69) is 5.32 Å². The number of rotatable bonds is 5. The van der Waals surface area contributed by atoms with E-state index in [1.165, 1.54) is 0 Å². The first-order chi connectivity index (χ1) is 7.24. The van der Waals surface area contributed by atoms with Crippen molar-refractivity contribution in [2.24, 2.45) is 11.7 Å². The molecule has 15 heavy (non-hydrogen) atoms. The number of hydrogen-bond acceptors (Lipinski definition) is 3. The minimum Gasteiger partial charge on any atom is -0.379 e. The Balaban J connectivity index is 2.20. The van der Waals surface area contributed by atoms with Crippen LogP contribution in [0.5, 0.6) is 0 Å². The molecule has 4 nitrogen and oxygen atoms in total. The average molecular weight is 214 g/mol. The predicted octanol–water partition coefficient (Wildman–Crippen LogP) is 0.657. The van der Waals surface area contributed by atoms with Crippen LogP contribution in [0.15, 0.2) is 0 Å². The molecule has 1 aliphatic heterocycles. The van der Waals surface area contributed by atoms with Crippen molar-refractivity contribution in [3.8, 4) is 0 Å². The molecule has 1 amide bonds. The van der Waals surface area contributed by atoms with Gasteiger partial charge in [0.2, 0.25) is 5.91 Å². The van der Waals surface area contributed by atoms with Gasteiger partial charge in [-0.1, -0.05) is 6.92 Å². The van der Waals surface area contributed by atoms with Gasteiger partial charge in [-0.2, -0.15) is 0 Å². The molecular formula is C11H22N2O2. The van der Waals surface area contributed by atoms with Crippen LogP contribution in [0.4, 0.5) is 0 Å². The van der Waals surface area contributed by atoms with Gasteiger partial charge in [0.05, 0.1) is 12.6 Å². The lowest BCUT2D eigenvalue weighted by Gasteiger charge is -2.24. The van der Waals surface area contributed by atoms with Crippen molar-refractivity contribution in [1.29, 1.82) is 0 Å². The van der Waals surface area contributed by atoms with Crippen molar-refractivity contribution in [3.05, 3.63) is 0 Å². The molecule has 4 heteroatoms. The van der Waals surface area contributed by atoms with E-state index in [0.29, 0.717) is 13.2 Å². The summed E-state index contributed by atoms with van der Waals surface area (Å²) in [5.74, 6) is 0.203. The van der Waals surface area contributed by atoms with Gasteiger partial charge in [0, 0.05) is 12.5 Å². The Hall–Kier alpha value is -0.610. The van der Waals surface area contributed by atoms with E-state index < -0.39 is 0 Å². The molecule has 1 heterocycles. The van der Waals surface area contributed by atoms with Crippen LogP contribution in [0.2, 0.25) is 0 Å². The summed E-state index contributed by atoms with van der Waals surface area (Å²) in [7, 11) is 0. The third kappa shape index (κ3) is 4.62. The molecule has 3 N–H and O–H groups in total. The first-order valence-corrected chi connectivity index (χ1v) is 5.82. The standard InChI is InChI=1S/C11H22N2O2/c1-9(4-2-6-12)11(14)13-10-5-3-7-15-8-10/h9-10H,2-8,12H2,1H3,(H,13,14). The summed E-state index contributed by atoms with van der Waals surface area (Å²) in [5, 5.41) is 3.02. The summed E-state index contributed by atoms with van der Waals surface area (Å²) in [6.07, 6.45) is 3.86. The van der Waals surface area contributed by atoms with Gasteiger partial charge < -0.3 is 15.8 Å². The molecule has 1 saturated heterocycles. The number of hydrogen-bond donors (Lipinski definition) is 2. The van der Waals surface area contributed by atoms with Crippen molar-refractivity contribution >= 4 is 5.91 Å². The monoisotopic (exact) mass is 214 g/mol. The fourth-order valence-corrected chi connectivity index (χ4v) is 1.75. The Bertz CT molecular complexity index is 191. The largest absolute Gasteiger partial charge is 0.379 e. The van der Waals surface area contributed by atoms with Crippen molar-refractivity contribution < 1.29 is 9.53 Å². The van der Waals surface area contributed by atoms with E-state index in [4.69, 9.17) is 10.5 Å². The van der Waals surface area contributed by atoms with E-state index in [1.54, 1.807) is 0 Å². The average Bonchev–Trinajstić information content (AvgIpc) is 2.27. The first kappa shape index (κ1) is 12.5. The normalized spacial score (nSPS) is 23.5. The number of ether oxygens (including phenoxy) is 1. The predicted molar refractivity (Wildman–Crippen MR) is 59.4 cm³/mol. The van der Waals surface area contributed by atoms with E-state index in [9.17, 15) is 4.79 Å². The van der Waals surface area contributed by atoms with Crippen molar-refractivity contribution in [1.82, 2.24) is 5.32 Å². The number of amides is 1. The highest BCUT2D eigenvalue weighted by atomic mass is 16.5. The lowest BCUT2D eigenvalue weighted by atomic mass is 10.0. The molecule has 0 aromatic heterocycles. The Morgan fingerprint density at radius 1 is 1.67 bits per heavy atom. The van der Waals surface area contributed by atoms with Gasteiger partial charge >= 0.3 is 0 Å². The highest BCUT2D eigenvalue weighted by Gasteiger charge is 2.19. The summed E-state index contributed by atoms with van der Waals surface area (Å²) in [6.45, 7) is 4.10. The Kier molecular flexibility index (Phi) is 5.65. The zero-order valence-corrected chi connectivity index (χ0v) is 9.50. The molecule has 0 aliphatic carbocycles. The van der Waals surface area contributed by atoms with Gasteiger partial charge in [0.1, 0.15) is 0 Å². The molecule has 0 radical (unpaired) electrons. The van der Waals surface area contributed by atoms with Crippen molar-refractivity contribution in [2.75, 3.05) is 19.8 Å². The van der Waals surface area contributed by atoms with E-state index in [1.807, 2.05) is 6.92 Å². The number of carbonyl (C=O) groups is 1. The number of nitrogens with one attached hydrogen (secondary N) is 1. The second-order valence-electron chi connectivity index (χ2n) is 4.25. The van der Waals surface area contributed by atoms with Gasteiger partial charge in [-0.3, -0.25) is 4.79 Å². The maximum Gasteiger partial charge on any atom is 0.223 e. The van der Waals surface area contributed by atoms with Crippen molar-refractivity contribution in [2.45, 2.75) is 38.6 Å². The van der Waals surface area contributed by atoms with Crippen LogP contribution in [-0.4, -0.2) is 31.7 Å². The maximum atomic E-state index is 11.7. The zero-order valence-electron chi connectivity index (χ0n) is 9.50. The minimum absolute atomic E-state index is 0.0653. The van der Waals surface area contributed by atoms with E-state index in [0.717, 1.165) is 32.3 Å². The molecular weight excluding hydrogens is 192 g/mol. The summed E-state index contributed by atoms with van der Waals surface area (Å²) < 4.78 is 5.31. The van der Waals surface area contributed by atoms with Crippen LogP contribution in [0.3, 0.4) is 0 Å². The highest BCUT2D eigenvalue weighted by Crippen LogP contribution is 2.09. The van der Waals surface area contributed by atoms with Gasteiger partial charge in [-0.15, -0.1) is 0 Å². The number of carbonyl (C=O) groups excluding carboxylic acids is 1. The van der Waals surface area contributed by atoms with Crippen LogP contribution in [0.1, 0.15) is 32.6 Å². The molecule has 1 aliphatic rings. The second kappa shape index (κ2) is 6.80. The number of nitrogens with two attached hydrogens (primary N) is 1. The summed E-state index contributed by atoms with van der Waals surface area (Å²) in [4.78, 5) is 11.7. The second-order valence-corrected chi connectivity index (χ2v) is 4.25. The fraction of sp³-hybridized carbons (Fsp3) is 0.909. The third-order valence-corrected chi connectivity index (χ3v) is 2.80. The zero-order chi connectivity index (χ0) is 11.1. The molecule has 88 valence electrons. The van der Waals surface area contributed by atoms with Crippen LogP contribution in [-0.2, 0) is 9.53 Å². The molecule has 1 rings (SSSR count). The summed E-state index contributed by atoms with van der Waals surface area (Å²) in [6, 6.07) is 0.214. The van der Waals surface area contributed by atoms with Gasteiger partial charge in [-0.05, 0) is 32.2 Å². The molecule has 0 saturated carbocycles. The Labute approximate surface area is 91.5 Å². The summed E-state index contributed by atoms with van der Waals surface area (Å²) in [5.41, 5.74) is 5.41. The van der Waals surface area contributed by atoms with Gasteiger partial charge in [0.25, 0.3) is 0 Å². The lowest BCUT2D eigenvalue weighted by Crippen LogP contribution is -2.42. The van der Waals surface area contributed by atoms with Crippen LogP contribution < -0.4 is 11.1 Å².